The molecular formula is C41H36O3P2. The third-order valence-electron chi connectivity index (χ3n) is 8.67. The number of para-hydroxylation sites is 2. The van der Waals surface area contributed by atoms with Crippen LogP contribution in [-0.2, 0) is 5.41 Å². The van der Waals surface area contributed by atoms with Crippen LogP contribution in [0.15, 0.2) is 146 Å². The van der Waals surface area contributed by atoms with E-state index in [1.807, 2.05) is 12.1 Å². The quantitative estimate of drug-likeness (QED) is 0.160. The van der Waals surface area contributed by atoms with E-state index in [4.69, 9.17) is 14.2 Å². The van der Waals surface area contributed by atoms with Gasteiger partial charge in [0.1, 0.15) is 23.0 Å². The van der Waals surface area contributed by atoms with Crippen molar-refractivity contribution in [2.45, 2.75) is 19.3 Å². The summed E-state index contributed by atoms with van der Waals surface area (Å²) < 4.78 is 18.7. The second-order valence-electron chi connectivity index (χ2n) is 11.8. The Labute approximate surface area is 274 Å². The Kier molecular flexibility index (Phi) is 8.39. The van der Waals surface area contributed by atoms with Gasteiger partial charge < -0.3 is 14.2 Å². The first kappa shape index (κ1) is 30.2. The van der Waals surface area contributed by atoms with Gasteiger partial charge in [-0.1, -0.05) is 135 Å². The van der Waals surface area contributed by atoms with Crippen LogP contribution in [0.2, 0.25) is 0 Å². The Hall–Kier alpha value is -4.42. The van der Waals surface area contributed by atoms with Gasteiger partial charge in [-0.05, 0) is 61.3 Å². The number of fused-ring (bicyclic) bond motifs is 2. The second kappa shape index (κ2) is 12.8. The van der Waals surface area contributed by atoms with Crippen molar-refractivity contribution < 1.29 is 14.2 Å². The van der Waals surface area contributed by atoms with E-state index in [-0.39, 0.29) is 5.41 Å². The first-order chi connectivity index (χ1) is 22.5. The van der Waals surface area contributed by atoms with Crippen molar-refractivity contribution in [1.82, 2.24) is 0 Å². The fourth-order valence-corrected chi connectivity index (χ4v) is 11.2. The van der Waals surface area contributed by atoms with Gasteiger partial charge in [0, 0.05) is 27.2 Å². The fourth-order valence-electron chi connectivity index (χ4n) is 6.36. The standard InChI is InChI=1S/C41H36O3P2/c1-41(2)35-23-13-25-37(45(31-17-7-5-8-18-31)33-21-11-15-29(27-33)42-3)39(35)44-40-36(41)24-14-26-38(40)46(32-19-9-6-10-20-32)34-22-12-16-30(28-34)43-4/h5-28H,1-4H3/t45-,46-/m0/s1. The van der Waals surface area contributed by atoms with Crippen LogP contribution in [0.3, 0.4) is 0 Å². The highest BCUT2D eigenvalue weighted by Crippen LogP contribution is 2.52. The summed E-state index contributed by atoms with van der Waals surface area (Å²) in [5, 5.41) is 7.37. The largest absolute Gasteiger partial charge is 0.497 e. The summed E-state index contributed by atoms with van der Waals surface area (Å²) in [6.07, 6.45) is 0. The van der Waals surface area contributed by atoms with Gasteiger partial charge >= 0.3 is 0 Å². The van der Waals surface area contributed by atoms with E-state index in [0.717, 1.165) is 23.0 Å². The van der Waals surface area contributed by atoms with Gasteiger partial charge in [-0.25, -0.2) is 0 Å². The highest BCUT2D eigenvalue weighted by Gasteiger charge is 2.39. The van der Waals surface area contributed by atoms with Crippen molar-refractivity contribution in [2.75, 3.05) is 14.2 Å². The summed E-state index contributed by atoms with van der Waals surface area (Å²) in [5.74, 6) is 3.62. The minimum atomic E-state index is -0.949. The first-order valence-corrected chi connectivity index (χ1v) is 18.1. The summed E-state index contributed by atoms with van der Waals surface area (Å²) in [7, 11) is 1.56. The van der Waals surface area contributed by atoms with E-state index in [0.29, 0.717) is 0 Å². The van der Waals surface area contributed by atoms with Crippen molar-refractivity contribution in [3.63, 3.8) is 0 Å². The Morgan fingerprint density at radius 1 is 0.457 bits per heavy atom. The Morgan fingerprint density at radius 2 is 0.848 bits per heavy atom. The highest BCUT2D eigenvalue weighted by molar-refractivity contribution is 7.80. The molecule has 0 aromatic heterocycles. The van der Waals surface area contributed by atoms with Gasteiger partial charge in [0.15, 0.2) is 0 Å². The minimum absolute atomic E-state index is 0.285. The van der Waals surface area contributed by atoms with Gasteiger partial charge in [0.2, 0.25) is 0 Å². The lowest BCUT2D eigenvalue weighted by atomic mass is 9.76. The molecule has 0 bridgehead atoms. The van der Waals surface area contributed by atoms with Crippen molar-refractivity contribution in [3.8, 4) is 23.0 Å². The maximum absolute atomic E-state index is 7.31. The molecule has 46 heavy (non-hydrogen) atoms. The maximum Gasteiger partial charge on any atom is 0.139 e. The van der Waals surface area contributed by atoms with Crippen LogP contribution in [0, 0.1) is 0 Å². The molecule has 7 rings (SSSR count). The number of ether oxygens (including phenoxy) is 3. The molecule has 5 heteroatoms. The molecule has 0 unspecified atom stereocenters. The molecule has 1 heterocycles. The van der Waals surface area contributed by atoms with Crippen molar-refractivity contribution in [2.24, 2.45) is 0 Å². The fraction of sp³-hybridized carbons (Fsp3) is 0.122. The van der Waals surface area contributed by atoms with Crippen molar-refractivity contribution in [1.29, 1.82) is 0 Å². The number of benzene rings is 6. The van der Waals surface area contributed by atoms with E-state index in [2.05, 4.69) is 147 Å². The Balaban J connectivity index is 1.45. The topological polar surface area (TPSA) is 27.7 Å². The second-order valence-corrected chi connectivity index (χ2v) is 16.2. The lowest BCUT2D eigenvalue weighted by Crippen LogP contribution is -2.32. The highest BCUT2D eigenvalue weighted by atomic mass is 31.1. The molecule has 0 amide bonds. The smallest absolute Gasteiger partial charge is 0.139 e. The molecule has 0 N–H and O–H groups in total. The average molecular weight is 639 g/mol. The van der Waals surface area contributed by atoms with Gasteiger partial charge in [0.05, 0.1) is 14.2 Å². The molecule has 228 valence electrons. The number of rotatable bonds is 8. The van der Waals surface area contributed by atoms with Crippen LogP contribution in [0.25, 0.3) is 0 Å². The van der Waals surface area contributed by atoms with Crippen molar-refractivity contribution >= 4 is 47.7 Å². The minimum Gasteiger partial charge on any atom is -0.497 e. The van der Waals surface area contributed by atoms with Crippen LogP contribution in [0.4, 0.5) is 0 Å². The predicted octanol–water partition coefficient (Wildman–Crippen LogP) is 7.65. The molecule has 0 spiro atoms. The van der Waals surface area contributed by atoms with E-state index in [9.17, 15) is 0 Å². The van der Waals surface area contributed by atoms with Crippen molar-refractivity contribution in [3.05, 3.63) is 157 Å². The van der Waals surface area contributed by atoms with Crippen LogP contribution < -0.4 is 46.0 Å². The van der Waals surface area contributed by atoms with Gasteiger partial charge in [-0.2, -0.15) is 0 Å². The van der Waals surface area contributed by atoms with Crippen LogP contribution in [0.1, 0.15) is 25.0 Å². The number of methoxy groups -OCH3 is 2. The molecule has 0 fully saturated rings. The summed E-state index contributed by atoms with van der Waals surface area (Å²) >= 11 is 0. The molecule has 0 saturated heterocycles. The van der Waals surface area contributed by atoms with E-state index in [1.54, 1.807) is 14.2 Å². The van der Waals surface area contributed by atoms with Crippen LogP contribution in [-0.4, -0.2) is 14.2 Å². The number of hydrogen-bond donors (Lipinski definition) is 0. The zero-order chi connectivity index (χ0) is 31.7. The monoisotopic (exact) mass is 638 g/mol. The first-order valence-electron chi connectivity index (χ1n) is 15.4. The average Bonchev–Trinajstić information content (AvgIpc) is 3.10. The molecule has 6 aromatic rings. The van der Waals surface area contributed by atoms with E-state index >= 15 is 0 Å². The molecule has 0 radical (unpaired) electrons. The molecule has 0 saturated carbocycles. The zero-order valence-corrected chi connectivity index (χ0v) is 28.3. The van der Waals surface area contributed by atoms with Gasteiger partial charge in [0.25, 0.3) is 0 Å². The molecule has 0 aliphatic carbocycles. The van der Waals surface area contributed by atoms with Crippen LogP contribution in [0.5, 0.6) is 23.0 Å². The molecular weight excluding hydrogens is 602 g/mol. The van der Waals surface area contributed by atoms with Crippen LogP contribution >= 0.6 is 15.8 Å². The SMILES string of the molecule is COc1cccc([P@](c2ccccc2)c2cccc3c2Oc2c([P@@](c4ccccc4)c4cccc(OC)c4)cccc2C3(C)C)c1. The molecule has 1 aliphatic heterocycles. The Morgan fingerprint density at radius 3 is 1.26 bits per heavy atom. The van der Waals surface area contributed by atoms with Gasteiger partial charge in [-0.15, -0.1) is 0 Å². The predicted molar refractivity (Wildman–Crippen MR) is 196 cm³/mol. The third-order valence-corrected chi connectivity index (χ3v) is 13.6. The number of hydrogen-bond acceptors (Lipinski definition) is 3. The normalized spacial score (nSPS) is 14.3. The summed E-state index contributed by atoms with van der Waals surface area (Å²) in [6.45, 7) is 4.65. The Bertz CT molecular complexity index is 1850. The zero-order valence-electron chi connectivity index (χ0n) is 26.5. The van der Waals surface area contributed by atoms with Gasteiger partial charge in [-0.3, -0.25) is 0 Å². The lowest BCUT2D eigenvalue weighted by molar-refractivity contribution is 0.415. The molecule has 6 aromatic carbocycles. The summed E-state index contributed by atoms with van der Waals surface area (Å²) in [6, 6.07) is 51.9. The molecule has 3 nitrogen and oxygen atoms in total. The third kappa shape index (κ3) is 5.49. The van der Waals surface area contributed by atoms with E-state index < -0.39 is 15.8 Å². The van der Waals surface area contributed by atoms with E-state index in [1.165, 1.54) is 43.0 Å². The summed E-state index contributed by atoms with van der Waals surface area (Å²) in [4.78, 5) is 0. The molecule has 2 atom stereocenters. The maximum atomic E-state index is 7.31. The molecule has 1 aliphatic rings. The summed E-state index contributed by atoms with van der Waals surface area (Å²) in [5.41, 5.74) is 2.12. The lowest BCUT2D eigenvalue weighted by Gasteiger charge is -2.38.